The molecule has 0 radical (unpaired) electrons. The van der Waals surface area contributed by atoms with E-state index in [0.29, 0.717) is 29.0 Å². The highest BCUT2D eigenvalue weighted by molar-refractivity contribution is 7.99. The smallest absolute Gasteiger partial charge is 0.234 e. The van der Waals surface area contributed by atoms with E-state index < -0.39 is 0 Å². The van der Waals surface area contributed by atoms with Crippen molar-refractivity contribution in [3.05, 3.63) is 90.0 Å². The van der Waals surface area contributed by atoms with Crippen molar-refractivity contribution in [1.29, 1.82) is 0 Å². The Balaban J connectivity index is 1.41. The molecule has 170 valence electrons. The van der Waals surface area contributed by atoms with Crippen molar-refractivity contribution >= 4 is 34.3 Å². The van der Waals surface area contributed by atoms with Crippen LogP contribution >= 0.6 is 11.8 Å². The summed E-state index contributed by atoms with van der Waals surface area (Å²) < 4.78 is 7.99. The van der Waals surface area contributed by atoms with Gasteiger partial charge in [0.15, 0.2) is 10.9 Å². The molecule has 0 fully saturated rings. The number of hydrogen-bond acceptors (Lipinski definition) is 6. The van der Waals surface area contributed by atoms with Gasteiger partial charge in [-0.2, -0.15) is 0 Å². The number of thioether (sulfide) groups is 1. The van der Waals surface area contributed by atoms with Gasteiger partial charge < -0.3 is 14.8 Å². The predicted molar refractivity (Wildman–Crippen MR) is 133 cm³/mol. The molecule has 0 bridgehead atoms. The monoisotopic (exact) mass is 470 g/mol. The van der Waals surface area contributed by atoms with E-state index in [1.807, 2.05) is 72.2 Å². The predicted octanol–water partition coefficient (Wildman–Crippen LogP) is 5.48. The number of nitrogens with one attached hydrogen (secondary N) is 1. The van der Waals surface area contributed by atoms with Gasteiger partial charge in [0, 0.05) is 5.39 Å². The van der Waals surface area contributed by atoms with Crippen LogP contribution in [0.25, 0.3) is 22.6 Å². The Kier molecular flexibility index (Phi) is 6.05. The molecule has 0 unspecified atom stereocenters. The van der Waals surface area contributed by atoms with E-state index in [2.05, 4.69) is 15.5 Å². The number of anilines is 1. The fourth-order valence-electron chi connectivity index (χ4n) is 3.64. The minimum absolute atomic E-state index is 0.0309. The molecule has 1 amide bonds. The van der Waals surface area contributed by atoms with E-state index >= 15 is 0 Å². The minimum Gasteiger partial charge on any atom is -0.506 e. The van der Waals surface area contributed by atoms with Crippen LogP contribution in [0, 0.1) is 6.92 Å². The third-order valence-electron chi connectivity index (χ3n) is 5.30. The quantitative estimate of drug-likeness (QED) is 0.242. The number of rotatable bonds is 7. The summed E-state index contributed by atoms with van der Waals surface area (Å²) in [5.41, 5.74) is 3.19. The average Bonchev–Trinajstić information content (AvgIpc) is 3.44. The number of amides is 1. The van der Waals surface area contributed by atoms with Crippen LogP contribution in [-0.4, -0.2) is 31.5 Å². The van der Waals surface area contributed by atoms with E-state index in [4.69, 9.17) is 4.42 Å². The summed E-state index contributed by atoms with van der Waals surface area (Å²) in [4.78, 5) is 12.6. The molecule has 3 aromatic carbocycles. The number of hydrogen-bond donors (Lipinski definition) is 2. The van der Waals surface area contributed by atoms with Gasteiger partial charge >= 0.3 is 0 Å². The van der Waals surface area contributed by atoms with Crippen LogP contribution in [-0.2, 0) is 11.3 Å². The summed E-state index contributed by atoms with van der Waals surface area (Å²) in [6, 6.07) is 24.8. The summed E-state index contributed by atoms with van der Waals surface area (Å²) in [5.74, 6) is 1.11. The van der Waals surface area contributed by atoms with Crippen LogP contribution in [0.5, 0.6) is 5.75 Å². The Morgan fingerprint density at radius 1 is 1.03 bits per heavy atom. The number of aromatic nitrogens is 3. The molecule has 0 aliphatic carbocycles. The first kappa shape index (κ1) is 21.8. The lowest BCUT2D eigenvalue weighted by molar-refractivity contribution is -0.113. The second-order valence-corrected chi connectivity index (χ2v) is 8.83. The van der Waals surface area contributed by atoms with Gasteiger partial charge in [-0.3, -0.25) is 9.36 Å². The number of carbonyl (C=O) groups excluding carboxylic acids is 1. The molecule has 2 N–H and O–H groups in total. The summed E-state index contributed by atoms with van der Waals surface area (Å²) in [7, 11) is 0. The van der Waals surface area contributed by atoms with Gasteiger partial charge in [0.25, 0.3) is 0 Å². The molecule has 5 rings (SSSR count). The van der Waals surface area contributed by atoms with E-state index in [-0.39, 0.29) is 17.4 Å². The van der Waals surface area contributed by atoms with Gasteiger partial charge in [-0.25, -0.2) is 0 Å². The zero-order valence-corrected chi connectivity index (χ0v) is 19.2. The SMILES string of the molecule is Cc1ccc(O)c(NC(=O)CSc2nnc(-c3cc4ccccc4o3)n2Cc2ccccc2)c1. The number of aryl methyl sites for hydroxylation is 1. The number of aromatic hydroxyl groups is 1. The number of nitrogens with zero attached hydrogens (tertiary/aromatic N) is 3. The number of benzene rings is 3. The first-order valence-corrected chi connectivity index (χ1v) is 11.7. The first-order chi connectivity index (χ1) is 16.6. The van der Waals surface area contributed by atoms with Crippen molar-refractivity contribution < 1.29 is 14.3 Å². The van der Waals surface area contributed by atoms with Crippen LogP contribution < -0.4 is 5.32 Å². The molecular formula is C26H22N4O3S. The number of fused-ring (bicyclic) bond motifs is 1. The molecule has 0 saturated heterocycles. The van der Waals surface area contributed by atoms with Crippen molar-refractivity contribution in [1.82, 2.24) is 14.8 Å². The number of phenols is 1. The molecule has 0 spiro atoms. The Hall–Kier alpha value is -4.04. The highest BCUT2D eigenvalue weighted by Crippen LogP contribution is 2.30. The zero-order chi connectivity index (χ0) is 23.5. The fourth-order valence-corrected chi connectivity index (χ4v) is 4.38. The number of carbonyl (C=O) groups is 1. The number of furan rings is 1. The largest absolute Gasteiger partial charge is 0.506 e. The molecular weight excluding hydrogens is 448 g/mol. The lowest BCUT2D eigenvalue weighted by Crippen LogP contribution is -2.15. The molecule has 2 aromatic heterocycles. The molecule has 0 aliphatic rings. The molecule has 0 atom stereocenters. The van der Waals surface area contributed by atoms with E-state index in [0.717, 1.165) is 22.1 Å². The molecule has 0 saturated carbocycles. The lowest BCUT2D eigenvalue weighted by Gasteiger charge is -2.10. The Labute approximate surface area is 200 Å². The standard InChI is InChI=1S/C26H22N4O3S/c1-17-11-12-21(31)20(13-17)27-24(32)16-34-26-29-28-25(30(26)15-18-7-3-2-4-8-18)23-14-19-9-5-6-10-22(19)33-23/h2-14,31H,15-16H2,1H3,(H,27,32). The first-order valence-electron chi connectivity index (χ1n) is 10.7. The Bertz CT molecular complexity index is 1430. The van der Waals surface area contributed by atoms with Gasteiger partial charge in [0.2, 0.25) is 11.7 Å². The van der Waals surface area contributed by atoms with Gasteiger partial charge in [-0.1, -0.05) is 66.4 Å². The van der Waals surface area contributed by atoms with Crippen LogP contribution in [0.2, 0.25) is 0 Å². The van der Waals surface area contributed by atoms with Crippen LogP contribution in [0.3, 0.4) is 0 Å². The van der Waals surface area contributed by atoms with Crippen molar-refractivity contribution in [2.75, 3.05) is 11.1 Å². The van der Waals surface area contributed by atoms with Gasteiger partial charge in [0.05, 0.1) is 18.0 Å². The van der Waals surface area contributed by atoms with Crippen molar-refractivity contribution in [2.24, 2.45) is 0 Å². The topological polar surface area (TPSA) is 93.2 Å². The van der Waals surface area contributed by atoms with Crippen molar-refractivity contribution in [3.63, 3.8) is 0 Å². The van der Waals surface area contributed by atoms with E-state index in [1.165, 1.54) is 11.8 Å². The summed E-state index contributed by atoms with van der Waals surface area (Å²) in [6.45, 7) is 2.43. The number of phenolic OH excluding ortho intramolecular Hbond substituents is 1. The minimum atomic E-state index is -0.245. The number of para-hydroxylation sites is 1. The van der Waals surface area contributed by atoms with Crippen molar-refractivity contribution in [2.45, 2.75) is 18.6 Å². The average molecular weight is 471 g/mol. The second kappa shape index (κ2) is 9.44. The molecule has 34 heavy (non-hydrogen) atoms. The molecule has 5 aromatic rings. The lowest BCUT2D eigenvalue weighted by atomic mass is 10.2. The Morgan fingerprint density at radius 2 is 1.82 bits per heavy atom. The zero-order valence-electron chi connectivity index (χ0n) is 18.4. The maximum atomic E-state index is 12.6. The Morgan fingerprint density at radius 3 is 2.65 bits per heavy atom. The summed E-state index contributed by atoms with van der Waals surface area (Å²) >= 11 is 1.28. The normalized spacial score (nSPS) is 11.1. The molecule has 8 heteroatoms. The molecule has 7 nitrogen and oxygen atoms in total. The maximum Gasteiger partial charge on any atom is 0.234 e. The van der Waals surface area contributed by atoms with E-state index in [9.17, 15) is 9.90 Å². The van der Waals surface area contributed by atoms with Gasteiger partial charge in [-0.15, -0.1) is 10.2 Å². The van der Waals surface area contributed by atoms with E-state index in [1.54, 1.807) is 18.2 Å². The van der Waals surface area contributed by atoms with Crippen LogP contribution in [0.1, 0.15) is 11.1 Å². The summed E-state index contributed by atoms with van der Waals surface area (Å²) in [6.07, 6.45) is 0. The second-order valence-electron chi connectivity index (χ2n) is 7.88. The third kappa shape index (κ3) is 4.67. The van der Waals surface area contributed by atoms with Crippen LogP contribution in [0.15, 0.2) is 88.4 Å². The molecule has 0 aliphatic heterocycles. The maximum absolute atomic E-state index is 12.6. The highest BCUT2D eigenvalue weighted by atomic mass is 32.2. The fraction of sp³-hybridized carbons (Fsp3) is 0.115. The summed E-state index contributed by atoms with van der Waals surface area (Å²) in [5, 5.41) is 23.1. The van der Waals surface area contributed by atoms with Gasteiger partial charge in [-0.05, 0) is 42.3 Å². The van der Waals surface area contributed by atoms with Crippen molar-refractivity contribution in [3.8, 4) is 17.3 Å². The third-order valence-corrected chi connectivity index (χ3v) is 6.27. The molecule has 2 heterocycles. The van der Waals surface area contributed by atoms with Crippen LogP contribution in [0.4, 0.5) is 5.69 Å². The van der Waals surface area contributed by atoms with Gasteiger partial charge in [0.1, 0.15) is 11.3 Å². The highest BCUT2D eigenvalue weighted by Gasteiger charge is 2.19.